The van der Waals surface area contributed by atoms with Gasteiger partial charge in [-0.1, -0.05) is 24.3 Å². The highest BCUT2D eigenvalue weighted by Crippen LogP contribution is 2.17. The van der Waals surface area contributed by atoms with Crippen molar-refractivity contribution < 1.29 is 9.18 Å². The zero-order valence-corrected chi connectivity index (χ0v) is 14.5. The summed E-state index contributed by atoms with van der Waals surface area (Å²) in [6.07, 6.45) is 0. The van der Waals surface area contributed by atoms with E-state index in [1.807, 2.05) is 0 Å². The monoisotopic (exact) mass is 341 g/mol. The maximum atomic E-state index is 12.9. The van der Waals surface area contributed by atoms with Crippen molar-refractivity contribution in [3.05, 3.63) is 65.5 Å². The maximum Gasteiger partial charge on any atom is 0.234 e. The Labute approximate surface area is 148 Å². The molecule has 0 aromatic heterocycles. The average molecular weight is 341 g/mol. The minimum absolute atomic E-state index is 0.00771. The third kappa shape index (κ3) is 5.03. The lowest BCUT2D eigenvalue weighted by molar-refractivity contribution is -0.122. The molecule has 5 heteroatoms. The van der Waals surface area contributed by atoms with Crippen LogP contribution in [-0.4, -0.2) is 43.5 Å². The number of aryl methyl sites for hydroxylation is 1. The molecule has 0 unspecified atom stereocenters. The largest absolute Gasteiger partial charge is 0.369 e. The summed E-state index contributed by atoms with van der Waals surface area (Å²) in [6.45, 7) is 6.54. The Balaban J connectivity index is 1.42. The first-order valence-corrected chi connectivity index (χ1v) is 8.65. The number of hydrogen-bond acceptors (Lipinski definition) is 3. The number of hydrogen-bond donors (Lipinski definition) is 1. The Bertz CT molecular complexity index is 709. The molecule has 1 aliphatic heterocycles. The molecule has 0 radical (unpaired) electrons. The van der Waals surface area contributed by atoms with Gasteiger partial charge in [0.1, 0.15) is 5.82 Å². The van der Waals surface area contributed by atoms with Crippen LogP contribution in [0.25, 0.3) is 0 Å². The predicted molar refractivity (Wildman–Crippen MR) is 98.1 cm³/mol. The van der Waals surface area contributed by atoms with Crippen LogP contribution in [0.1, 0.15) is 11.1 Å². The number of amides is 1. The Kier molecular flexibility index (Phi) is 5.66. The van der Waals surface area contributed by atoms with Gasteiger partial charge < -0.3 is 10.2 Å². The maximum absolute atomic E-state index is 12.9. The molecule has 4 nitrogen and oxygen atoms in total. The molecule has 0 spiro atoms. The van der Waals surface area contributed by atoms with Gasteiger partial charge in [0.2, 0.25) is 5.91 Å². The summed E-state index contributed by atoms with van der Waals surface area (Å²) in [5.41, 5.74) is 3.42. The van der Waals surface area contributed by atoms with E-state index in [0.29, 0.717) is 13.1 Å². The fourth-order valence-electron chi connectivity index (χ4n) is 3.05. The summed E-state index contributed by atoms with van der Waals surface area (Å²) in [5, 5.41) is 2.90. The lowest BCUT2D eigenvalue weighted by Crippen LogP contribution is -2.49. The van der Waals surface area contributed by atoms with E-state index >= 15 is 0 Å². The van der Waals surface area contributed by atoms with Gasteiger partial charge in [-0.05, 0) is 42.3 Å². The zero-order chi connectivity index (χ0) is 17.6. The van der Waals surface area contributed by atoms with Crippen LogP contribution in [-0.2, 0) is 11.3 Å². The molecule has 2 aromatic carbocycles. The summed E-state index contributed by atoms with van der Waals surface area (Å²) in [5.74, 6) is -0.255. The van der Waals surface area contributed by atoms with Gasteiger partial charge in [-0.3, -0.25) is 9.69 Å². The molecule has 1 saturated heterocycles. The van der Waals surface area contributed by atoms with Crippen LogP contribution in [0.15, 0.2) is 48.5 Å². The number of nitrogens with zero attached hydrogens (tertiary/aromatic N) is 2. The van der Waals surface area contributed by atoms with Gasteiger partial charge in [0.15, 0.2) is 0 Å². The van der Waals surface area contributed by atoms with Crippen molar-refractivity contribution in [2.24, 2.45) is 0 Å². The number of piperazine rings is 1. The highest BCUT2D eigenvalue weighted by atomic mass is 19.1. The van der Waals surface area contributed by atoms with E-state index in [2.05, 4.69) is 46.3 Å². The van der Waals surface area contributed by atoms with Gasteiger partial charge in [0, 0.05) is 38.4 Å². The second-order valence-corrected chi connectivity index (χ2v) is 6.51. The molecule has 0 aliphatic carbocycles. The van der Waals surface area contributed by atoms with Crippen LogP contribution >= 0.6 is 0 Å². The van der Waals surface area contributed by atoms with Gasteiger partial charge in [-0.25, -0.2) is 4.39 Å². The van der Waals surface area contributed by atoms with Crippen molar-refractivity contribution in [3.63, 3.8) is 0 Å². The predicted octanol–water partition coefficient (Wildman–Crippen LogP) is 2.57. The Hall–Kier alpha value is -2.40. The number of rotatable bonds is 5. The molecular weight excluding hydrogens is 317 g/mol. The van der Waals surface area contributed by atoms with Crippen LogP contribution < -0.4 is 10.2 Å². The van der Waals surface area contributed by atoms with Gasteiger partial charge >= 0.3 is 0 Å². The summed E-state index contributed by atoms with van der Waals surface area (Å²) < 4.78 is 12.9. The summed E-state index contributed by atoms with van der Waals surface area (Å²) in [7, 11) is 0. The fourth-order valence-corrected chi connectivity index (χ4v) is 3.05. The normalized spacial score (nSPS) is 15.2. The van der Waals surface area contributed by atoms with Crippen molar-refractivity contribution in [3.8, 4) is 0 Å². The average Bonchev–Trinajstić information content (AvgIpc) is 2.62. The smallest absolute Gasteiger partial charge is 0.234 e. The first kappa shape index (κ1) is 17.4. The number of halogens is 1. The quantitative estimate of drug-likeness (QED) is 0.908. The highest BCUT2D eigenvalue weighted by molar-refractivity contribution is 5.78. The van der Waals surface area contributed by atoms with Crippen LogP contribution in [0.4, 0.5) is 10.1 Å². The molecule has 1 heterocycles. The number of benzene rings is 2. The minimum atomic E-state index is -0.262. The number of carbonyl (C=O) groups excluding carboxylic acids is 1. The summed E-state index contributed by atoms with van der Waals surface area (Å²) >= 11 is 0. The van der Waals surface area contributed by atoms with E-state index in [9.17, 15) is 9.18 Å². The molecule has 0 atom stereocenters. The third-order valence-corrected chi connectivity index (χ3v) is 4.51. The fraction of sp³-hybridized carbons (Fsp3) is 0.350. The first-order chi connectivity index (χ1) is 12.1. The van der Waals surface area contributed by atoms with Gasteiger partial charge in [0.05, 0.1) is 6.54 Å². The van der Waals surface area contributed by atoms with E-state index in [1.165, 1.54) is 23.4 Å². The molecule has 0 saturated carbocycles. The van der Waals surface area contributed by atoms with E-state index in [1.54, 1.807) is 12.1 Å². The van der Waals surface area contributed by atoms with Crippen molar-refractivity contribution in [2.75, 3.05) is 37.6 Å². The zero-order valence-electron chi connectivity index (χ0n) is 14.5. The SMILES string of the molecule is Cc1cccc(N2CCN(CC(=O)NCc3ccc(F)cc3)CC2)c1. The van der Waals surface area contributed by atoms with Gasteiger partial charge in [-0.15, -0.1) is 0 Å². The molecule has 132 valence electrons. The first-order valence-electron chi connectivity index (χ1n) is 8.65. The molecule has 2 aromatic rings. The lowest BCUT2D eigenvalue weighted by Gasteiger charge is -2.35. The van der Waals surface area contributed by atoms with E-state index in [-0.39, 0.29) is 11.7 Å². The van der Waals surface area contributed by atoms with Crippen LogP contribution in [0, 0.1) is 12.7 Å². The van der Waals surface area contributed by atoms with Crippen molar-refractivity contribution in [1.29, 1.82) is 0 Å². The van der Waals surface area contributed by atoms with Crippen LogP contribution in [0.2, 0.25) is 0 Å². The molecule has 25 heavy (non-hydrogen) atoms. The molecular formula is C20H24FN3O. The lowest BCUT2D eigenvalue weighted by atomic mass is 10.2. The second kappa shape index (κ2) is 8.12. The molecule has 0 bridgehead atoms. The van der Waals surface area contributed by atoms with Gasteiger partial charge in [0.25, 0.3) is 0 Å². The van der Waals surface area contributed by atoms with Crippen LogP contribution in [0.3, 0.4) is 0 Å². The van der Waals surface area contributed by atoms with E-state index in [4.69, 9.17) is 0 Å². The van der Waals surface area contributed by atoms with Crippen molar-refractivity contribution in [1.82, 2.24) is 10.2 Å². The summed E-state index contributed by atoms with van der Waals surface area (Å²) in [4.78, 5) is 16.6. The second-order valence-electron chi connectivity index (χ2n) is 6.51. The van der Waals surface area contributed by atoms with E-state index < -0.39 is 0 Å². The third-order valence-electron chi connectivity index (χ3n) is 4.51. The van der Waals surface area contributed by atoms with Gasteiger partial charge in [-0.2, -0.15) is 0 Å². The topological polar surface area (TPSA) is 35.6 Å². The van der Waals surface area contributed by atoms with E-state index in [0.717, 1.165) is 31.7 Å². The highest BCUT2D eigenvalue weighted by Gasteiger charge is 2.19. The van der Waals surface area contributed by atoms with Crippen molar-refractivity contribution in [2.45, 2.75) is 13.5 Å². The van der Waals surface area contributed by atoms with Crippen LogP contribution in [0.5, 0.6) is 0 Å². The Morgan fingerprint density at radius 1 is 1.08 bits per heavy atom. The standard InChI is InChI=1S/C20H24FN3O/c1-16-3-2-4-19(13-16)24-11-9-23(10-12-24)15-20(25)22-14-17-5-7-18(21)8-6-17/h2-8,13H,9-12,14-15H2,1H3,(H,22,25). The van der Waals surface area contributed by atoms with Crippen molar-refractivity contribution >= 4 is 11.6 Å². The molecule has 3 rings (SSSR count). The number of anilines is 1. The minimum Gasteiger partial charge on any atom is -0.369 e. The summed E-state index contributed by atoms with van der Waals surface area (Å²) in [6, 6.07) is 14.7. The Morgan fingerprint density at radius 2 is 1.80 bits per heavy atom. The molecule has 1 fully saturated rings. The molecule has 1 aliphatic rings. The molecule has 1 N–H and O–H groups in total. The number of carbonyl (C=O) groups is 1. The molecule has 1 amide bonds. The number of nitrogens with one attached hydrogen (secondary N) is 1. The Morgan fingerprint density at radius 3 is 2.48 bits per heavy atom.